The first-order valence-electron chi connectivity index (χ1n) is 8.07. The van der Waals surface area contributed by atoms with Crippen molar-refractivity contribution in [2.45, 2.75) is 18.9 Å². The van der Waals surface area contributed by atoms with Crippen molar-refractivity contribution in [2.24, 2.45) is 0 Å². The number of amides is 1. The monoisotopic (exact) mass is 427 g/mol. The van der Waals surface area contributed by atoms with Gasteiger partial charge in [0, 0.05) is 32.2 Å². The molecule has 0 aromatic carbocycles. The molecule has 2 aromatic heterocycles. The van der Waals surface area contributed by atoms with Gasteiger partial charge in [0.1, 0.15) is 0 Å². The number of carbonyl (C=O) groups excluding carboxylic acids is 1. The second-order valence-electron chi connectivity index (χ2n) is 6.10. The van der Waals surface area contributed by atoms with Crippen molar-refractivity contribution in [3.05, 3.63) is 35.0 Å². The van der Waals surface area contributed by atoms with Gasteiger partial charge < -0.3 is 19.5 Å². The summed E-state index contributed by atoms with van der Waals surface area (Å²) < 4.78 is 5.75. The van der Waals surface area contributed by atoms with Crippen LogP contribution in [-0.4, -0.2) is 53.0 Å². The number of hydrogen-bond donors (Lipinski definition) is 1. The summed E-state index contributed by atoms with van der Waals surface area (Å²) in [5.41, 5.74) is 0.555. The average Bonchev–Trinajstić information content (AvgIpc) is 2.83. The van der Waals surface area contributed by atoms with Crippen LogP contribution in [0.1, 0.15) is 23.4 Å². The van der Waals surface area contributed by atoms with Gasteiger partial charge in [-0.3, -0.25) is 4.79 Å². The molecule has 5 rings (SSSR count). The molecule has 25 heavy (non-hydrogen) atoms. The highest BCUT2D eigenvalue weighted by molar-refractivity contribution is 9.10. The zero-order chi connectivity index (χ0) is 16.5. The molecule has 3 fully saturated rings. The number of fused-ring (bicyclic) bond motifs is 4. The number of aromatic nitrogens is 2. The topological polar surface area (TPSA) is 74.5 Å². The SMILES string of the molecule is Cl.O=C(Nc1cnc(N2CCN3CCC2CC3)nc1)c1ccc(Br)o1. The van der Waals surface area contributed by atoms with Crippen LogP contribution < -0.4 is 10.2 Å². The van der Waals surface area contributed by atoms with E-state index in [9.17, 15) is 4.79 Å². The molecule has 0 saturated carbocycles. The van der Waals surface area contributed by atoms with Crippen molar-refractivity contribution >= 4 is 45.9 Å². The first kappa shape index (κ1) is 18.2. The Labute approximate surface area is 160 Å². The minimum absolute atomic E-state index is 0. The second-order valence-corrected chi connectivity index (χ2v) is 6.88. The van der Waals surface area contributed by atoms with E-state index in [1.165, 1.54) is 0 Å². The Balaban J connectivity index is 0.00000182. The number of carbonyl (C=O) groups is 1. The number of piperidine rings is 1. The molecule has 0 aliphatic carbocycles. The highest BCUT2D eigenvalue weighted by Gasteiger charge is 2.30. The summed E-state index contributed by atoms with van der Waals surface area (Å²) >= 11 is 3.18. The Bertz CT molecular complexity index is 730. The third kappa shape index (κ3) is 3.96. The van der Waals surface area contributed by atoms with E-state index in [0.717, 1.165) is 45.0 Å². The smallest absolute Gasteiger partial charge is 0.291 e. The van der Waals surface area contributed by atoms with Crippen molar-refractivity contribution in [3.63, 3.8) is 0 Å². The number of halogens is 2. The Morgan fingerprint density at radius 3 is 2.52 bits per heavy atom. The predicted molar refractivity (Wildman–Crippen MR) is 100 cm³/mol. The molecular formula is C16H19BrClN5O2. The van der Waals surface area contributed by atoms with E-state index in [0.29, 0.717) is 16.4 Å². The van der Waals surface area contributed by atoms with E-state index in [4.69, 9.17) is 4.42 Å². The van der Waals surface area contributed by atoms with Crippen molar-refractivity contribution in [1.82, 2.24) is 14.9 Å². The summed E-state index contributed by atoms with van der Waals surface area (Å²) in [6.07, 6.45) is 5.62. The molecule has 2 bridgehead atoms. The van der Waals surface area contributed by atoms with Crippen molar-refractivity contribution in [2.75, 3.05) is 36.4 Å². The normalized spacial score (nSPS) is 22.2. The van der Waals surface area contributed by atoms with Crippen LogP contribution in [0.2, 0.25) is 0 Å². The summed E-state index contributed by atoms with van der Waals surface area (Å²) in [6, 6.07) is 3.81. The Hall–Kier alpha value is -1.64. The zero-order valence-electron chi connectivity index (χ0n) is 13.5. The molecule has 2 aromatic rings. The molecule has 0 spiro atoms. The molecular weight excluding hydrogens is 410 g/mol. The lowest BCUT2D eigenvalue weighted by molar-refractivity contribution is 0.0995. The van der Waals surface area contributed by atoms with Crippen LogP contribution in [-0.2, 0) is 0 Å². The van der Waals surface area contributed by atoms with Gasteiger partial charge in [0.15, 0.2) is 10.4 Å². The summed E-state index contributed by atoms with van der Waals surface area (Å²) in [7, 11) is 0. The number of furan rings is 1. The molecule has 0 atom stereocenters. The van der Waals surface area contributed by atoms with Crippen molar-refractivity contribution in [1.29, 1.82) is 0 Å². The fourth-order valence-electron chi connectivity index (χ4n) is 3.31. The van der Waals surface area contributed by atoms with Gasteiger partial charge in [-0.25, -0.2) is 9.97 Å². The van der Waals surface area contributed by atoms with E-state index in [1.807, 2.05) is 0 Å². The standard InChI is InChI=1S/C16H18BrN5O2.ClH/c17-14-2-1-13(24-14)15(23)20-11-9-18-16(19-10-11)22-8-7-21-5-3-12(22)4-6-21;/h1-2,9-10,12H,3-8H2,(H,20,23);1H. The average molecular weight is 429 g/mol. The summed E-state index contributed by atoms with van der Waals surface area (Å²) in [5.74, 6) is 0.658. The van der Waals surface area contributed by atoms with Crippen LogP contribution in [0.4, 0.5) is 11.6 Å². The molecule has 3 aliphatic heterocycles. The van der Waals surface area contributed by atoms with Gasteiger partial charge in [-0.1, -0.05) is 0 Å². The number of anilines is 2. The molecule has 1 N–H and O–H groups in total. The van der Waals surface area contributed by atoms with Gasteiger partial charge in [-0.05, 0) is 40.9 Å². The fourth-order valence-corrected chi connectivity index (χ4v) is 3.62. The third-order valence-electron chi connectivity index (χ3n) is 4.60. The number of rotatable bonds is 3. The van der Waals surface area contributed by atoms with E-state index in [-0.39, 0.29) is 24.1 Å². The highest BCUT2D eigenvalue weighted by atomic mass is 79.9. The van der Waals surface area contributed by atoms with E-state index >= 15 is 0 Å². The van der Waals surface area contributed by atoms with Gasteiger partial charge in [0.2, 0.25) is 5.95 Å². The first-order valence-corrected chi connectivity index (χ1v) is 8.86. The molecule has 9 heteroatoms. The quantitative estimate of drug-likeness (QED) is 0.810. The minimum Gasteiger partial charge on any atom is -0.444 e. The number of nitrogens with zero attached hydrogens (tertiary/aromatic N) is 4. The van der Waals surface area contributed by atoms with Gasteiger partial charge in [0.25, 0.3) is 5.91 Å². The molecule has 3 aliphatic rings. The molecule has 5 heterocycles. The van der Waals surface area contributed by atoms with Crippen molar-refractivity contribution in [3.8, 4) is 0 Å². The molecule has 134 valence electrons. The third-order valence-corrected chi connectivity index (χ3v) is 5.03. The number of nitrogens with one attached hydrogen (secondary N) is 1. The molecule has 0 radical (unpaired) electrons. The lowest BCUT2D eigenvalue weighted by Crippen LogP contribution is -2.38. The van der Waals surface area contributed by atoms with Crippen LogP contribution in [0.15, 0.2) is 33.6 Å². The summed E-state index contributed by atoms with van der Waals surface area (Å²) in [6.45, 7) is 4.34. The van der Waals surface area contributed by atoms with E-state index < -0.39 is 0 Å². The summed E-state index contributed by atoms with van der Waals surface area (Å²) in [4.78, 5) is 25.8. The molecule has 0 unspecified atom stereocenters. The van der Waals surface area contributed by atoms with Gasteiger partial charge >= 0.3 is 0 Å². The second kappa shape index (κ2) is 7.72. The fraction of sp³-hybridized carbons (Fsp3) is 0.438. The lowest BCUT2D eigenvalue weighted by Gasteiger charge is -2.31. The highest BCUT2D eigenvalue weighted by Crippen LogP contribution is 2.24. The van der Waals surface area contributed by atoms with Gasteiger partial charge in [0.05, 0.1) is 18.1 Å². The van der Waals surface area contributed by atoms with Crippen LogP contribution in [0.3, 0.4) is 0 Å². The number of hydrogen-bond acceptors (Lipinski definition) is 6. The minimum atomic E-state index is -0.321. The van der Waals surface area contributed by atoms with E-state index in [2.05, 4.69) is 41.0 Å². The predicted octanol–water partition coefficient (Wildman–Crippen LogP) is 2.79. The maximum Gasteiger partial charge on any atom is 0.291 e. The van der Waals surface area contributed by atoms with Crippen molar-refractivity contribution < 1.29 is 9.21 Å². The molecule has 7 nitrogen and oxygen atoms in total. The lowest BCUT2D eigenvalue weighted by atomic mass is 10.1. The molecule has 1 amide bonds. The van der Waals surface area contributed by atoms with Crippen LogP contribution in [0, 0.1) is 0 Å². The Morgan fingerprint density at radius 1 is 1.16 bits per heavy atom. The maximum absolute atomic E-state index is 12.1. The summed E-state index contributed by atoms with van der Waals surface area (Å²) in [5, 5.41) is 2.74. The Kier molecular flexibility index (Phi) is 5.61. The first-order chi connectivity index (χ1) is 11.7. The van der Waals surface area contributed by atoms with Crippen LogP contribution in [0.5, 0.6) is 0 Å². The molecule has 3 saturated heterocycles. The zero-order valence-corrected chi connectivity index (χ0v) is 15.9. The van der Waals surface area contributed by atoms with Gasteiger partial charge in [-0.15, -0.1) is 12.4 Å². The Morgan fingerprint density at radius 2 is 1.88 bits per heavy atom. The van der Waals surface area contributed by atoms with Crippen LogP contribution in [0.25, 0.3) is 0 Å². The maximum atomic E-state index is 12.1. The van der Waals surface area contributed by atoms with Gasteiger partial charge in [-0.2, -0.15) is 0 Å². The largest absolute Gasteiger partial charge is 0.444 e. The van der Waals surface area contributed by atoms with Crippen LogP contribution >= 0.6 is 28.3 Å². The van der Waals surface area contributed by atoms with E-state index in [1.54, 1.807) is 24.5 Å².